The predicted octanol–water partition coefficient (Wildman–Crippen LogP) is 3.66. The fraction of sp³-hybridized carbons (Fsp3) is 0.111. The maximum atomic E-state index is 11.8. The summed E-state index contributed by atoms with van der Waals surface area (Å²) in [7, 11) is 0. The molecule has 3 aromatic rings. The van der Waals surface area contributed by atoms with E-state index in [2.05, 4.69) is 15.5 Å². The molecule has 0 fully saturated rings. The number of thioether (sulfide) groups is 1. The standard InChI is InChI=1S/C18H14ClN3O4S/c19-13-8-6-12(7-9-13)17-21-22-18(26-17)27-11-16(24)25-10-15(23)20-14-4-2-1-3-5-14/h1-9H,10-11H2,(H,20,23). The molecule has 9 heteroatoms. The number of nitrogens with one attached hydrogen (secondary N) is 1. The van der Waals surface area contributed by atoms with E-state index in [0.29, 0.717) is 16.6 Å². The minimum absolute atomic E-state index is 0.0547. The number of carbonyl (C=O) groups excluding carboxylic acids is 2. The average molecular weight is 404 g/mol. The van der Waals surface area contributed by atoms with Gasteiger partial charge in [-0.2, -0.15) is 0 Å². The van der Waals surface area contributed by atoms with Crippen molar-refractivity contribution < 1.29 is 18.7 Å². The van der Waals surface area contributed by atoms with Gasteiger partial charge in [0.2, 0.25) is 5.89 Å². The van der Waals surface area contributed by atoms with Crippen molar-refractivity contribution >= 4 is 40.9 Å². The van der Waals surface area contributed by atoms with Gasteiger partial charge < -0.3 is 14.5 Å². The molecule has 0 unspecified atom stereocenters. The van der Waals surface area contributed by atoms with Crippen LogP contribution in [-0.2, 0) is 14.3 Å². The number of para-hydroxylation sites is 1. The van der Waals surface area contributed by atoms with Crippen molar-refractivity contribution in [1.82, 2.24) is 10.2 Å². The fourth-order valence-corrected chi connectivity index (χ4v) is 2.69. The van der Waals surface area contributed by atoms with Crippen LogP contribution >= 0.6 is 23.4 Å². The van der Waals surface area contributed by atoms with Gasteiger partial charge in [-0.1, -0.05) is 41.6 Å². The highest BCUT2D eigenvalue weighted by Gasteiger charge is 2.13. The SMILES string of the molecule is O=C(COC(=O)CSc1nnc(-c2ccc(Cl)cc2)o1)Nc1ccccc1. The minimum atomic E-state index is -0.561. The van der Waals surface area contributed by atoms with Crippen LogP contribution in [0.2, 0.25) is 5.02 Å². The lowest BCUT2D eigenvalue weighted by atomic mass is 10.2. The number of anilines is 1. The minimum Gasteiger partial charge on any atom is -0.455 e. The Morgan fingerprint density at radius 1 is 1.07 bits per heavy atom. The number of aromatic nitrogens is 2. The Labute approximate surface area is 164 Å². The maximum Gasteiger partial charge on any atom is 0.316 e. The van der Waals surface area contributed by atoms with E-state index in [1.54, 1.807) is 48.5 Å². The summed E-state index contributed by atoms with van der Waals surface area (Å²) in [6, 6.07) is 15.8. The molecular weight excluding hydrogens is 390 g/mol. The maximum absolute atomic E-state index is 11.8. The van der Waals surface area contributed by atoms with Gasteiger partial charge in [0, 0.05) is 16.3 Å². The van der Waals surface area contributed by atoms with E-state index in [-0.39, 0.29) is 17.6 Å². The Bertz CT molecular complexity index is 916. The number of esters is 1. The van der Waals surface area contributed by atoms with Gasteiger partial charge in [-0.25, -0.2) is 0 Å². The molecule has 0 atom stereocenters. The van der Waals surface area contributed by atoms with Gasteiger partial charge >= 0.3 is 5.97 Å². The van der Waals surface area contributed by atoms with Crippen LogP contribution in [-0.4, -0.2) is 34.4 Å². The van der Waals surface area contributed by atoms with Crippen LogP contribution in [0.4, 0.5) is 5.69 Å². The first-order valence-corrected chi connectivity index (χ1v) is 9.19. The van der Waals surface area contributed by atoms with Gasteiger partial charge in [0.25, 0.3) is 11.1 Å². The van der Waals surface area contributed by atoms with Crippen molar-refractivity contribution in [3.63, 3.8) is 0 Å². The first-order valence-electron chi connectivity index (χ1n) is 7.83. The summed E-state index contributed by atoms with van der Waals surface area (Å²) in [5.74, 6) is -0.706. The Hall–Kier alpha value is -2.84. The van der Waals surface area contributed by atoms with Crippen LogP contribution in [0, 0.1) is 0 Å². The molecule has 0 bridgehead atoms. The quantitative estimate of drug-likeness (QED) is 0.475. The molecule has 1 amide bonds. The second kappa shape index (κ2) is 9.20. The Morgan fingerprint density at radius 3 is 2.56 bits per heavy atom. The van der Waals surface area contributed by atoms with Gasteiger partial charge in [0.15, 0.2) is 6.61 Å². The molecule has 0 radical (unpaired) electrons. The number of nitrogens with zero attached hydrogens (tertiary/aromatic N) is 2. The number of benzene rings is 2. The summed E-state index contributed by atoms with van der Waals surface area (Å²) in [4.78, 5) is 23.5. The highest BCUT2D eigenvalue weighted by atomic mass is 35.5. The predicted molar refractivity (Wildman–Crippen MR) is 101 cm³/mol. The molecule has 138 valence electrons. The van der Waals surface area contributed by atoms with Crippen molar-refractivity contribution in [2.24, 2.45) is 0 Å². The van der Waals surface area contributed by atoms with E-state index in [1.165, 1.54) is 0 Å². The van der Waals surface area contributed by atoms with Crippen LogP contribution in [0.15, 0.2) is 64.2 Å². The van der Waals surface area contributed by atoms with Gasteiger partial charge in [0.1, 0.15) is 5.75 Å². The van der Waals surface area contributed by atoms with E-state index in [9.17, 15) is 9.59 Å². The van der Waals surface area contributed by atoms with Gasteiger partial charge in [-0.05, 0) is 36.4 Å². The van der Waals surface area contributed by atoms with E-state index in [4.69, 9.17) is 20.8 Å². The smallest absolute Gasteiger partial charge is 0.316 e. The van der Waals surface area contributed by atoms with Gasteiger partial charge in [-0.15, -0.1) is 10.2 Å². The molecule has 7 nitrogen and oxygen atoms in total. The van der Waals surface area contributed by atoms with E-state index in [1.807, 2.05) is 6.07 Å². The summed E-state index contributed by atoms with van der Waals surface area (Å²) in [5, 5.41) is 11.2. The summed E-state index contributed by atoms with van der Waals surface area (Å²) >= 11 is 6.87. The molecule has 2 aromatic carbocycles. The van der Waals surface area contributed by atoms with E-state index >= 15 is 0 Å². The fourth-order valence-electron chi connectivity index (χ4n) is 2.00. The summed E-state index contributed by atoms with van der Waals surface area (Å²) in [6.07, 6.45) is 0. The lowest BCUT2D eigenvalue weighted by molar-refractivity contribution is -0.144. The summed E-state index contributed by atoms with van der Waals surface area (Å²) < 4.78 is 10.4. The van der Waals surface area contributed by atoms with Gasteiger partial charge in [0.05, 0.1) is 0 Å². The number of halogens is 1. The van der Waals surface area contributed by atoms with Crippen molar-refractivity contribution in [3.05, 3.63) is 59.6 Å². The molecule has 0 saturated carbocycles. The number of amides is 1. The summed E-state index contributed by atoms with van der Waals surface area (Å²) in [6.45, 7) is -0.367. The molecular formula is C18H14ClN3O4S. The molecule has 0 aliphatic carbocycles. The number of rotatable bonds is 7. The third-order valence-electron chi connectivity index (χ3n) is 3.23. The largest absolute Gasteiger partial charge is 0.455 e. The molecule has 27 heavy (non-hydrogen) atoms. The second-order valence-corrected chi connectivity index (χ2v) is 6.61. The first-order chi connectivity index (χ1) is 13.1. The van der Waals surface area contributed by atoms with E-state index in [0.717, 1.165) is 17.3 Å². The monoisotopic (exact) mass is 403 g/mol. The molecule has 1 heterocycles. The molecule has 1 aromatic heterocycles. The number of ether oxygens (including phenoxy) is 1. The van der Waals surface area contributed by atoms with Crippen molar-refractivity contribution in [2.75, 3.05) is 17.7 Å². The Balaban J connectivity index is 1.43. The van der Waals surface area contributed by atoms with Crippen LogP contribution in [0.1, 0.15) is 0 Å². The summed E-state index contributed by atoms with van der Waals surface area (Å²) in [5.41, 5.74) is 1.35. The lowest BCUT2D eigenvalue weighted by Gasteiger charge is -2.05. The van der Waals surface area contributed by atoms with Crippen molar-refractivity contribution in [2.45, 2.75) is 5.22 Å². The van der Waals surface area contributed by atoms with Crippen LogP contribution in [0.3, 0.4) is 0 Å². The third kappa shape index (κ3) is 5.83. The average Bonchev–Trinajstić information content (AvgIpc) is 3.15. The zero-order valence-corrected chi connectivity index (χ0v) is 15.5. The molecule has 0 aliphatic heterocycles. The normalized spacial score (nSPS) is 10.4. The molecule has 1 N–H and O–H groups in total. The van der Waals surface area contributed by atoms with Crippen molar-refractivity contribution in [3.8, 4) is 11.5 Å². The lowest BCUT2D eigenvalue weighted by Crippen LogP contribution is -2.21. The molecule has 0 saturated heterocycles. The Morgan fingerprint density at radius 2 is 1.81 bits per heavy atom. The van der Waals surface area contributed by atoms with Crippen molar-refractivity contribution in [1.29, 1.82) is 0 Å². The van der Waals surface area contributed by atoms with Gasteiger partial charge in [-0.3, -0.25) is 9.59 Å². The van der Waals surface area contributed by atoms with Crippen LogP contribution in [0.5, 0.6) is 0 Å². The zero-order valence-electron chi connectivity index (χ0n) is 13.9. The number of hydrogen-bond acceptors (Lipinski definition) is 7. The topological polar surface area (TPSA) is 94.3 Å². The second-order valence-electron chi connectivity index (χ2n) is 5.24. The zero-order chi connectivity index (χ0) is 19.1. The molecule has 0 spiro atoms. The molecule has 0 aliphatic rings. The highest BCUT2D eigenvalue weighted by Crippen LogP contribution is 2.24. The first kappa shape index (κ1) is 18.9. The van der Waals surface area contributed by atoms with E-state index < -0.39 is 11.9 Å². The van der Waals surface area contributed by atoms with Crippen LogP contribution < -0.4 is 5.32 Å². The molecule has 3 rings (SSSR count). The van der Waals surface area contributed by atoms with Crippen LogP contribution in [0.25, 0.3) is 11.5 Å². The highest BCUT2D eigenvalue weighted by molar-refractivity contribution is 7.99. The number of carbonyl (C=O) groups is 2. The third-order valence-corrected chi connectivity index (χ3v) is 4.28. The number of hydrogen-bond donors (Lipinski definition) is 1. The Kier molecular flexibility index (Phi) is 6.45.